The molecule has 1 aromatic rings. The number of hydrogen-bond acceptors (Lipinski definition) is 3. The first kappa shape index (κ1) is 12.7. The monoisotopic (exact) mass is 224 g/mol. The van der Waals surface area contributed by atoms with Crippen LogP contribution in [0.3, 0.4) is 0 Å². The molecule has 0 aromatic carbocycles. The second-order valence-electron chi connectivity index (χ2n) is 3.76. The molecular formula is C11H20N4O. The molecule has 0 unspecified atom stereocenters. The lowest BCUT2D eigenvalue weighted by Crippen LogP contribution is -2.26. The van der Waals surface area contributed by atoms with Gasteiger partial charge in [-0.05, 0) is 13.5 Å². The van der Waals surface area contributed by atoms with E-state index in [1.807, 2.05) is 20.3 Å². The van der Waals surface area contributed by atoms with Crippen LogP contribution in [0.1, 0.15) is 24.6 Å². The van der Waals surface area contributed by atoms with Gasteiger partial charge in [-0.3, -0.25) is 9.48 Å². The average molecular weight is 224 g/mol. The third kappa shape index (κ3) is 3.66. The average Bonchev–Trinajstić information content (AvgIpc) is 2.64. The van der Waals surface area contributed by atoms with Crippen molar-refractivity contribution in [2.24, 2.45) is 7.05 Å². The highest BCUT2D eigenvalue weighted by Crippen LogP contribution is 2.06. The van der Waals surface area contributed by atoms with Crippen molar-refractivity contribution in [2.45, 2.75) is 26.3 Å². The van der Waals surface area contributed by atoms with Crippen LogP contribution in [0.25, 0.3) is 0 Å². The maximum atomic E-state index is 11.4. The van der Waals surface area contributed by atoms with Gasteiger partial charge < -0.3 is 10.6 Å². The minimum atomic E-state index is 0.0697. The lowest BCUT2D eigenvalue weighted by molar-refractivity contribution is -0.121. The van der Waals surface area contributed by atoms with E-state index in [2.05, 4.69) is 22.7 Å². The Hall–Kier alpha value is -1.36. The molecule has 0 bridgehead atoms. The Balaban J connectivity index is 2.44. The molecule has 1 heterocycles. The van der Waals surface area contributed by atoms with Crippen molar-refractivity contribution < 1.29 is 4.79 Å². The van der Waals surface area contributed by atoms with Gasteiger partial charge in [0.2, 0.25) is 5.91 Å². The molecule has 90 valence electrons. The molecule has 0 spiro atoms. The van der Waals surface area contributed by atoms with E-state index in [4.69, 9.17) is 0 Å². The summed E-state index contributed by atoms with van der Waals surface area (Å²) in [6.45, 7) is 3.34. The standard InChI is InChI=1S/C11H20N4O/c1-4-10-9(8-15(3)14-10)7-13-11(16)5-6-12-2/h8,12H,4-7H2,1-3H3,(H,13,16). The Morgan fingerprint density at radius 1 is 1.56 bits per heavy atom. The predicted octanol–water partition coefficient (Wildman–Crippen LogP) is 0.208. The number of aromatic nitrogens is 2. The maximum Gasteiger partial charge on any atom is 0.221 e. The molecule has 1 aromatic heterocycles. The molecule has 0 aliphatic heterocycles. The molecule has 16 heavy (non-hydrogen) atoms. The normalized spacial score (nSPS) is 10.4. The van der Waals surface area contributed by atoms with Gasteiger partial charge in [-0.25, -0.2) is 0 Å². The number of amides is 1. The van der Waals surface area contributed by atoms with Crippen molar-refractivity contribution in [1.29, 1.82) is 0 Å². The van der Waals surface area contributed by atoms with Gasteiger partial charge in [-0.1, -0.05) is 6.92 Å². The minimum Gasteiger partial charge on any atom is -0.352 e. The number of rotatable bonds is 6. The lowest BCUT2D eigenvalue weighted by atomic mass is 10.2. The Labute approximate surface area is 96.2 Å². The zero-order chi connectivity index (χ0) is 12.0. The SMILES string of the molecule is CCc1nn(C)cc1CNC(=O)CCNC. The highest BCUT2D eigenvalue weighted by atomic mass is 16.1. The summed E-state index contributed by atoms with van der Waals surface area (Å²) < 4.78 is 1.79. The van der Waals surface area contributed by atoms with Gasteiger partial charge in [0.1, 0.15) is 0 Å². The fourth-order valence-electron chi connectivity index (χ4n) is 1.55. The molecule has 0 saturated carbocycles. The van der Waals surface area contributed by atoms with Crippen LogP contribution in [-0.2, 0) is 24.8 Å². The summed E-state index contributed by atoms with van der Waals surface area (Å²) in [7, 11) is 3.73. The minimum absolute atomic E-state index is 0.0697. The largest absolute Gasteiger partial charge is 0.352 e. The molecule has 0 aliphatic rings. The van der Waals surface area contributed by atoms with Gasteiger partial charge in [0.25, 0.3) is 0 Å². The summed E-state index contributed by atoms with van der Waals surface area (Å²) in [6.07, 6.45) is 3.36. The van der Waals surface area contributed by atoms with Crippen LogP contribution in [0, 0.1) is 0 Å². The predicted molar refractivity (Wildman–Crippen MR) is 63.0 cm³/mol. The van der Waals surface area contributed by atoms with E-state index in [0.29, 0.717) is 19.5 Å². The summed E-state index contributed by atoms with van der Waals surface area (Å²) in [5.74, 6) is 0.0697. The second-order valence-corrected chi connectivity index (χ2v) is 3.76. The zero-order valence-corrected chi connectivity index (χ0v) is 10.2. The number of nitrogens with one attached hydrogen (secondary N) is 2. The first-order chi connectivity index (χ1) is 7.67. The Bertz CT molecular complexity index is 346. The van der Waals surface area contributed by atoms with Crippen LogP contribution in [-0.4, -0.2) is 29.3 Å². The van der Waals surface area contributed by atoms with E-state index < -0.39 is 0 Å². The van der Waals surface area contributed by atoms with Gasteiger partial charge in [-0.2, -0.15) is 5.10 Å². The smallest absolute Gasteiger partial charge is 0.221 e. The van der Waals surface area contributed by atoms with Gasteiger partial charge in [-0.15, -0.1) is 0 Å². The molecule has 0 fully saturated rings. The topological polar surface area (TPSA) is 59.0 Å². The Morgan fingerprint density at radius 2 is 2.31 bits per heavy atom. The zero-order valence-electron chi connectivity index (χ0n) is 10.2. The van der Waals surface area contributed by atoms with E-state index in [1.165, 1.54) is 0 Å². The maximum absolute atomic E-state index is 11.4. The molecule has 5 heteroatoms. The molecule has 1 rings (SSSR count). The van der Waals surface area contributed by atoms with Crippen LogP contribution in [0.4, 0.5) is 0 Å². The van der Waals surface area contributed by atoms with Gasteiger partial charge in [0, 0.05) is 38.3 Å². The summed E-state index contributed by atoms with van der Waals surface area (Å²) in [5, 5.41) is 10.2. The lowest BCUT2D eigenvalue weighted by Gasteiger charge is -2.04. The molecule has 0 atom stereocenters. The Morgan fingerprint density at radius 3 is 2.94 bits per heavy atom. The third-order valence-electron chi connectivity index (χ3n) is 2.40. The van der Waals surface area contributed by atoms with E-state index in [-0.39, 0.29) is 5.91 Å². The van der Waals surface area contributed by atoms with E-state index in [0.717, 1.165) is 17.7 Å². The highest BCUT2D eigenvalue weighted by Gasteiger charge is 2.07. The fourth-order valence-corrected chi connectivity index (χ4v) is 1.55. The number of carbonyl (C=O) groups is 1. The Kier molecular flexibility index (Phi) is 4.98. The summed E-state index contributed by atoms with van der Waals surface area (Å²) >= 11 is 0. The van der Waals surface area contributed by atoms with Crippen LogP contribution in [0.5, 0.6) is 0 Å². The molecule has 0 saturated heterocycles. The molecule has 0 radical (unpaired) electrons. The summed E-state index contributed by atoms with van der Waals surface area (Å²) in [4.78, 5) is 11.4. The molecule has 0 aliphatic carbocycles. The van der Waals surface area contributed by atoms with Gasteiger partial charge in [0.15, 0.2) is 0 Å². The summed E-state index contributed by atoms with van der Waals surface area (Å²) in [6, 6.07) is 0. The van der Waals surface area contributed by atoms with E-state index in [1.54, 1.807) is 4.68 Å². The van der Waals surface area contributed by atoms with E-state index in [9.17, 15) is 4.79 Å². The highest BCUT2D eigenvalue weighted by molar-refractivity contribution is 5.76. The van der Waals surface area contributed by atoms with Crippen molar-refractivity contribution in [3.63, 3.8) is 0 Å². The van der Waals surface area contributed by atoms with Crippen molar-refractivity contribution in [1.82, 2.24) is 20.4 Å². The molecular weight excluding hydrogens is 204 g/mol. The van der Waals surface area contributed by atoms with Gasteiger partial charge >= 0.3 is 0 Å². The van der Waals surface area contributed by atoms with Crippen LogP contribution < -0.4 is 10.6 Å². The number of nitrogens with zero attached hydrogens (tertiary/aromatic N) is 2. The molecule has 1 amide bonds. The first-order valence-electron chi connectivity index (χ1n) is 5.60. The number of aryl methyl sites for hydroxylation is 2. The third-order valence-corrected chi connectivity index (χ3v) is 2.40. The van der Waals surface area contributed by atoms with E-state index >= 15 is 0 Å². The van der Waals surface area contributed by atoms with Crippen molar-refractivity contribution in [3.05, 3.63) is 17.5 Å². The second kappa shape index (κ2) is 6.27. The van der Waals surface area contributed by atoms with Crippen molar-refractivity contribution >= 4 is 5.91 Å². The molecule has 5 nitrogen and oxygen atoms in total. The number of carbonyl (C=O) groups excluding carboxylic acids is 1. The van der Waals surface area contributed by atoms with Crippen molar-refractivity contribution in [2.75, 3.05) is 13.6 Å². The fraction of sp³-hybridized carbons (Fsp3) is 0.636. The van der Waals surface area contributed by atoms with Crippen LogP contribution in [0.2, 0.25) is 0 Å². The first-order valence-corrected chi connectivity index (χ1v) is 5.60. The van der Waals surface area contributed by atoms with Crippen LogP contribution >= 0.6 is 0 Å². The van der Waals surface area contributed by atoms with Gasteiger partial charge in [0.05, 0.1) is 5.69 Å². The molecule has 2 N–H and O–H groups in total. The van der Waals surface area contributed by atoms with Crippen molar-refractivity contribution in [3.8, 4) is 0 Å². The quantitative estimate of drug-likeness (QED) is 0.726. The summed E-state index contributed by atoms with van der Waals surface area (Å²) in [5.41, 5.74) is 2.15. The van der Waals surface area contributed by atoms with Crippen LogP contribution in [0.15, 0.2) is 6.20 Å². The number of hydrogen-bond donors (Lipinski definition) is 2.